The van der Waals surface area contributed by atoms with Gasteiger partial charge in [-0.1, -0.05) is 17.7 Å². The number of aldehydes is 1. The number of hydrogen-bond acceptors (Lipinski definition) is 3. The summed E-state index contributed by atoms with van der Waals surface area (Å²) in [4.78, 5) is 10.1. The molecule has 0 fully saturated rings. The van der Waals surface area contributed by atoms with Gasteiger partial charge >= 0.3 is 0 Å². The number of carbonyl (C=O) groups is 1. The maximum Gasteiger partial charge on any atom is 0.120 e. The highest BCUT2D eigenvalue weighted by Crippen LogP contribution is 2.19. The normalized spacial score (nSPS) is 10.6. The Hall–Kier alpha value is -1.35. The predicted molar refractivity (Wildman–Crippen MR) is 68.2 cm³/mol. The summed E-state index contributed by atoms with van der Waals surface area (Å²) in [6.07, 6.45) is 4.90. The molecule has 0 spiro atoms. The van der Waals surface area contributed by atoms with Gasteiger partial charge in [0.05, 0.1) is 5.69 Å². The molecule has 0 saturated heterocycles. The fourth-order valence-corrected chi connectivity index (χ4v) is 1.32. The molecule has 16 heavy (non-hydrogen) atoms. The zero-order valence-corrected chi connectivity index (χ0v) is 10.00. The van der Waals surface area contributed by atoms with Crippen molar-refractivity contribution in [1.82, 2.24) is 0 Å². The van der Waals surface area contributed by atoms with Crippen LogP contribution in [-0.2, 0) is 4.79 Å². The summed E-state index contributed by atoms with van der Waals surface area (Å²) in [5.74, 6) is 0. The average Bonchev–Trinajstić information content (AvgIpc) is 2.28. The van der Waals surface area contributed by atoms with E-state index >= 15 is 0 Å². The third kappa shape index (κ3) is 4.45. The van der Waals surface area contributed by atoms with Crippen molar-refractivity contribution in [2.24, 2.45) is 5.10 Å². The van der Waals surface area contributed by atoms with Crippen LogP contribution >= 0.6 is 11.6 Å². The van der Waals surface area contributed by atoms with Crippen molar-refractivity contribution in [3.05, 3.63) is 28.8 Å². The van der Waals surface area contributed by atoms with Gasteiger partial charge in [0.15, 0.2) is 0 Å². The van der Waals surface area contributed by atoms with Crippen molar-refractivity contribution in [3.8, 4) is 0 Å². The Morgan fingerprint density at radius 1 is 1.44 bits per heavy atom. The maximum atomic E-state index is 10.1. The quantitative estimate of drug-likeness (QED) is 0.357. The summed E-state index contributed by atoms with van der Waals surface area (Å²) in [6.45, 7) is 1.95. The summed E-state index contributed by atoms with van der Waals surface area (Å²) < 4.78 is 0. The Balaban J connectivity index is 2.36. The number of benzene rings is 1. The van der Waals surface area contributed by atoms with Gasteiger partial charge in [-0.25, -0.2) is 0 Å². The lowest BCUT2D eigenvalue weighted by molar-refractivity contribution is -0.107. The van der Waals surface area contributed by atoms with E-state index in [4.69, 9.17) is 11.6 Å². The van der Waals surface area contributed by atoms with E-state index in [1.54, 1.807) is 6.21 Å². The second kappa shape index (κ2) is 7.01. The van der Waals surface area contributed by atoms with Crippen molar-refractivity contribution in [2.75, 3.05) is 5.43 Å². The molecule has 4 heteroatoms. The molecule has 0 aliphatic carbocycles. The molecule has 1 aromatic rings. The minimum Gasteiger partial charge on any atom is -0.303 e. The first kappa shape index (κ1) is 12.7. The number of nitrogens with zero attached hydrogens (tertiary/aromatic N) is 1. The number of rotatable bonds is 6. The molecule has 0 unspecified atom stereocenters. The number of anilines is 1. The van der Waals surface area contributed by atoms with Crippen LogP contribution in [0.4, 0.5) is 5.69 Å². The molecule has 0 amide bonds. The molecule has 1 N–H and O–H groups in total. The van der Waals surface area contributed by atoms with Crippen LogP contribution in [0.2, 0.25) is 5.02 Å². The van der Waals surface area contributed by atoms with Crippen molar-refractivity contribution < 1.29 is 4.79 Å². The van der Waals surface area contributed by atoms with Crippen molar-refractivity contribution in [3.63, 3.8) is 0 Å². The van der Waals surface area contributed by atoms with Crippen LogP contribution in [0.5, 0.6) is 0 Å². The monoisotopic (exact) mass is 238 g/mol. The van der Waals surface area contributed by atoms with E-state index in [1.165, 1.54) is 0 Å². The third-order valence-corrected chi connectivity index (χ3v) is 2.52. The van der Waals surface area contributed by atoms with Crippen molar-refractivity contribution in [2.45, 2.75) is 26.2 Å². The molecule has 0 heterocycles. The maximum absolute atomic E-state index is 10.1. The van der Waals surface area contributed by atoms with Crippen molar-refractivity contribution in [1.29, 1.82) is 0 Å². The average molecular weight is 239 g/mol. The van der Waals surface area contributed by atoms with Crippen LogP contribution in [0.1, 0.15) is 24.8 Å². The van der Waals surface area contributed by atoms with Gasteiger partial charge in [-0.15, -0.1) is 0 Å². The van der Waals surface area contributed by atoms with Crippen LogP contribution < -0.4 is 5.43 Å². The molecule has 0 aromatic heterocycles. The topological polar surface area (TPSA) is 41.5 Å². The van der Waals surface area contributed by atoms with Gasteiger partial charge in [-0.2, -0.15) is 5.10 Å². The first-order chi connectivity index (χ1) is 7.74. The number of hydrazone groups is 1. The Kier molecular flexibility index (Phi) is 5.57. The minimum atomic E-state index is 0.586. The lowest BCUT2D eigenvalue weighted by Crippen LogP contribution is -1.90. The Bertz CT molecular complexity index is 377. The van der Waals surface area contributed by atoms with Crippen molar-refractivity contribution >= 4 is 29.8 Å². The van der Waals surface area contributed by atoms with Gasteiger partial charge in [0.1, 0.15) is 6.29 Å². The second-order valence-corrected chi connectivity index (χ2v) is 3.89. The predicted octanol–water partition coefficient (Wildman–Crippen LogP) is 3.42. The number of carbonyl (C=O) groups excluding carboxylic acids is 1. The van der Waals surface area contributed by atoms with Gasteiger partial charge in [0.2, 0.25) is 0 Å². The van der Waals surface area contributed by atoms with E-state index in [2.05, 4.69) is 10.5 Å². The number of hydrogen-bond donors (Lipinski definition) is 1. The largest absolute Gasteiger partial charge is 0.303 e. The van der Waals surface area contributed by atoms with Gasteiger partial charge in [0.25, 0.3) is 0 Å². The Morgan fingerprint density at radius 2 is 2.25 bits per heavy atom. The zero-order valence-electron chi connectivity index (χ0n) is 9.24. The smallest absolute Gasteiger partial charge is 0.120 e. The Labute approximate surface area is 101 Å². The lowest BCUT2D eigenvalue weighted by Gasteiger charge is -2.02. The molecular weight excluding hydrogens is 224 g/mol. The second-order valence-electron chi connectivity index (χ2n) is 3.49. The van der Waals surface area contributed by atoms with Gasteiger partial charge in [0, 0.05) is 17.7 Å². The first-order valence-corrected chi connectivity index (χ1v) is 5.59. The summed E-state index contributed by atoms with van der Waals surface area (Å²) in [6, 6.07) is 5.69. The highest BCUT2D eigenvalue weighted by atomic mass is 35.5. The van der Waals surface area contributed by atoms with E-state index in [-0.39, 0.29) is 0 Å². The minimum absolute atomic E-state index is 0.586. The van der Waals surface area contributed by atoms with E-state index in [9.17, 15) is 4.79 Å². The summed E-state index contributed by atoms with van der Waals surface area (Å²) in [7, 11) is 0. The highest BCUT2D eigenvalue weighted by molar-refractivity contribution is 6.31. The molecule has 0 radical (unpaired) electrons. The summed E-state index contributed by atoms with van der Waals surface area (Å²) in [5.41, 5.74) is 4.79. The van der Waals surface area contributed by atoms with Crippen LogP contribution in [0.25, 0.3) is 0 Å². The fraction of sp³-hybridized carbons (Fsp3) is 0.333. The van der Waals surface area contributed by atoms with Gasteiger partial charge in [-0.3, -0.25) is 5.43 Å². The molecule has 3 nitrogen and oxygen atoms in total. The summed E-state index contributed by atoms with van der Waals surface area (Å²) in [5, 5.41) is 4.76. The van der Waals surface area contributed by atoms with Crippen LogP contribution in [0, 0.1) is 6.92 Å². The Morgan fingerprint density at radius 3 is 2.94 bits per heavy atom. The number of aryl methyl sites for hydroxylation is 1. The molecule has 0 aliphatic rings. The SMILES string of the molecule is Cc1ccc(NN=CCCCC=O)cc1Cl. The third-order valence-electron chi connectivity index (χ3n) is 2.11. The number of unbranched alkanes of at least 4 members (excludes halogenated alkanes) is 2. The number of nitrogens with one attached hydrogen (secondary N) is 1. The van der Waals surface area contributed by atoms with E-state index in [0.717, 1.165) is 35.4 Å². The van der Waals surface area contributed by atoms with E-state index in [1.807, 2.05) is 25.1 Å². The molecule has 86 valence electrons. The number of halogens is 1. The van der Waals surface area contributed by atoms with Crippen LogP contribution in [0.3, 0.4) is 0 Å². The van der Waals surface area contributed by atoms with E-state index in [0.29, 0.717) is 6.42 Å². The summed E-state index contributed by atoms with van der Waals surface area (Å²) >= 11 is 5.96. The van der Waals surface area contributed by atoms with Gasteiger partial charge < -0.3 is 4.79 Å². The zero-order chi connectivity index (χ0) is 11.8. The fourth-order valence-electron chi connectivity index (χ4n) is 1.14. The molecular formula is C12H15ClN2O. The standard InChI is InChI=1S/C12H15ClN2O/c1-10-5-6-11(9-12(10)13)15-14-7-3-2-4-8-16/h5-9,15H,2-4H2,1H3. The van der Waals surface area contributed by atoms with Crippen LogP contribution in [-0.4, -0.2) is 12.5 Å². The molecule has 1 aromatic carbocycles. The molecule has 0 bridgehead atoms. The molecule has 0 saturated carbocycles. The van der Waals surface area contributed by atoms with E-state index < -0.39 is 0 Å². The lowest BCUT2D eigenvalue weighted by atomic mass is 10.2. The molecule has 0 atom stereocenters. The van der Waals surface area contributed by atoms with Gasteiger partial charge in [-0.05, 0) is 37.5 Å². The van der Waals surface area contributed by atoms with Crippen LogP contribution in [0.15, 0.2) is 23.3 Å². The highest BCUT2D eigenvalue weighted by Gasteiger charge is 1.95. The molecule has 1 rings (SSSR count). The molecule has 0 aliphatic heterocycles. The first-order valence-electron chi connectivity index (χ1n) is 5.21.